The highest BCUT2D eigenvalue weighted by molar-refractivity contribution is 5.94. The lowest BCUT2D eigenvalue weighted by atomic mass is 10.0. The number of aryl methyl sites for hydroxylation is 1. The van der Waals surface area contributed by atoms with E-state index in [0.29, 0.717) is 5.69 Å². The smallest absolute Gasteiger partial charge is 0.242 e. The maximum absolute atomic E-state index is 11.1. The fourth-order valence-corrected chi connectivity index (χ4v) is 1.62. The highest BCUT2D eigenvalue weighted by Gasteiger charge is 2.05. The Balaban J connectivity index is 3.14. The Morgan fingerprint density at radius 1 is 1.37 bits per heavy atom. The van der Waals surface area contributed by atoms with Crippen molar-refractivity contribution in [1.29, 1.82) is 0 Å². The number of nitrogens with one attached hydrogen (secondary N) is 1. The molecule has 0 bridgehead atoms. The molecule has 0 radical (unpaired) electrons. The van der Waals surface area contributed by atoms with Crippen LogP contribution in [0.5, 0.6) is 0 Å². The van der Waals surface area contributed by atoms with Crippen LogP contribution in [-0.4, -0.2) is 11.8 Å². The van der Waals surface area contributed by atoms with E-state index in [1.165, 1.54) is 13.0 Å². The van der Waals surface area contributed by atoms with Gasteiger partial charge in [0.2, 0.25) is 11.8 Å². The number of rotatable bonds is 3. The lowest BCUT2D eigenvalue weighted by Gasteiger charge is -2.11. The lowest BCUT2D eigenvalue weighted by molar-refractivity contribution is -0.114. The Labute approximate surface area is 110 Å². The first-order chi connectivity index (χ1) is 8.93. The zero-order chi connectivity index (χ0) is 14.4. The van der Waals surface area contributed by atoms with Gasteiger partial charge in [-0.05, 0) is 53.3 Å². The third-order valence-corrected chi connectivity index (χ3v) is 2.45. The van der Waals surface area contributed by atoms with Crippen LogP contribution in [0.4, 0.5) is 5.69 Å². The van der Waals surface area contributed by atoms with E-state index in [0.717, 1.165) is 16.7 Å². The predicted molar refractivity (Wildman–Crippen MR) is 73.4 cm³/mol. The van der Waals surface area contributed by atoms with Crippen LogP contribution in [0.15, 0.2) is 23.3 Å². The number of carbonyl (C=O) groups is 2. The van der Waals surface area contributed by atoms with Crippen molar-refractivity contribution in [3.05, 3.63) is 45.3 Å². The molecule has 0 heterocycles. The fraction of sp³-hybridized carbons (Fsp3) is 0.231. The minimum Gasteiger partial charge on any atom is -0.326 e. The van der Waals surface area contributed by atoms with Gasteiger partial charge >= 0.3 is 0 Å². The van der Waals surface area contributed by atoms with E-state index in [1.807, 2.05) is 26.0 Å². The van der Waals surface area contributed by atoms with Crippen molar-refractivity contribution in [3.8, 4) is 0 Å². The molecule has 1 N–H and O–H groups in total. The minimum atomic E-state index is -0.663. The number of carbonyl (C=O) groups excluding carboxylic acids is 2. The maximum Gasteiger partial charge on any atom is 0.242 e. The number of anilines is 1. The summed E-state index contributed by atoms with van der Waals surface area (Å²) < 4.78 is 0. The molecule has 1 aromatic carbocycles. The summed E-state index contributed by atoms with van der Waals surface area (Å²) in [6.45, 7) is 5.15. The van der Waals surface area contributed by atoms with Crippen LogP contribution in [0.3, 0.4) is 0 Å². The number of hydrogen-bond donors (Lipinski definition) is 1. The second-order valence-electron chi connectivity index (χ2n) is 4.07. The molecule has 1 aromatic rings. The molecule has 0 spiro atoms. The van der Waals surface area contributed by atoms with Crippen molar-refractivity contribution < 1.29 is 9.59 Å². The Morgan fingerprint density at radius 2 is 2.05 bits per heavy atom. The largest absolute Gasteiger partial charge is 0.326 e. The first-order valence-corrected chi connectivity index (χ1v) is 5.60. The molecule has 0 aliphatic rings. The highest BCUT2D eigenvalue weighted by Crippen LogP contribution is 2.22. The van der Waals surface area contributed by atoms with E-state index < -0.39 is 5.91 Å². The highest BCUT2D eigenvalue weighted by atomic mass is 16.2. The van der Waals surface area contributed by atoms with Crippen molar-refractivity contribution >= 4 is 23.6 Å². The third-order valence-electron chi connectivity index (χ3n) is 2.45. The second kappa shape index (κ2) is 6.37. The molecule has 98 valence electrons. The number of nitrogens with zero attached hydrogens (tertiary/aromatic N) is 3. The summed E-state index contributed by atoms with van der Waals surface area (Å²) in [6, 6.07) is 3.73. The predicted octanol–water partition coefficient (Wildman–Crippen LogP) is 3.11. The van der Waals surface area contributed by atoms with E-state index in [1.54, 1.807) is 6.08 Å². The van der Waals surface area contributed by atoms with Gasteiger partial charge in [0.15, 0.2) is 0 Å². The molecule has 6 nitrogen and oxygen atoms in total. The molecule has 1 rings (SSSR count). The van der Waals surface area contributed by atoms with E-state index in [9.17, 15) is 9.59 Å². The summed E-state index contributed by atoms with van der Waals surface area (Å²) in [5, 5.41) is 5.68. The third kappa shape index (κ3) is 4.29. The molecule has 0 saturated carbocycles. The lowest BCUT2D eigenvalue weighted by Crippen LogP contribution is -2.08. The summed E-state index contributed by atoms with van der Waals surface area (Å²) in [6.07, 6.45) is 2.75. The van der Waals surface area contributed by atoms with E-state index in [2.05, 4.69) is 15.3 Å². The van der Waals surface area contributed by atoms with Crippen LogP contribution in [0.1, 0.15) is 23.6 Å². The average Bonchev–Trinajstić information content (AvgIpc) is 2.31. The van der Waals surface area contributed by atoms with Gasteiger partial charge in [-0.25, -0.2) is 0 Å². The van der Waals surface area contributed by atoms with Crippen LogP contribution in [0.25, 0.3) is 16.5 Å². The van der Waals surface area contributed by atoms with Crippen LogP contribution >= 0.6 is 0 Å². The molecule has 0 aliphatic carbocycles. The minimum absolute atomic E-state index is 0.159. The average molecular weight is 258 g/mol. The molecule has 0 saturated heterocycles. The van der Waals surface area contributed by atoms with E-state index >= 15 is 0 Å². The van der Waals surface area contributed by atoms with Crippen molar-refractivity contribution in [2.75, 3.05) is 5.32 Å². The first kappa shape index (κ1) is 14.5. The summed E-state index contributed by atoms with van der Waals surface area (Å²) >= 11 is 0. The molecule has 0 unspecified atom stereocenters. The van der Waals surface area contributed by atoms with Crippen LogP contribution < -0.4 is 5.32 Å². The molecule has 6 heteroatoms. The van der Waals surface area contributed by atoms with Crippen molar-refractivity contribution in [3.63, 3.8) is 0 Å². The van der Waals surface area contributed by atoms with Gasteiger partial charge in [0, 0.05) is 17.5 Å². The van der Waals surface area contributed by atoms with Crippen molar-refractivity contribution in [2.45, 2.75) is 20.8 Å². The number of azide groups is 1. The Morgan fingerprint density at radius 3 is 2.63 bits per heavy atom. The molecule has 0 aromatic heterocycles. The van der Waals surface area contributed by atoms with Crippen molar-refractivity contribution in [1.82, 2.24) is 0 Å². The zero-order valence-electron chi connectivity index (χ0n) is 11.0. The standard InChI is InChI=1S/C13H14N4O2/c1-8-6-11(4-5-13(19)16-17-14)9(2)12(7-8)15-10(3)18/h4-7H,1-3H3,(H,15,18). The van der Waals surface area contributed by atoms with Gasteiger partial charge in [0.1, 0.15) is 0 Å². The molecule has 19 heavy (non-hydrogen) atoms. The Bertz CT molecular complexity index is 599. The molecule has 0 aliphatic heterocycles. The van der Waals surface area contributed by atoms with Crippen molar-refractivity contribution in [2.24, 2.45) is 5.11 Å². The van der Waals surface area contributed by atoms with Gasteiger partial charge in [-0.15, -0.1) is 0 Å². The van der Waals surface area contributed by atoms with E-state index in [-0.39, 0.29) is 5.91 Å². The second-order valence-corrected chi connectivity index (χ2v) is 4.07. The molecule has 0 atom stereocenters. The summed E-state index contributed by atoms with van der Waals surface area (Å²) in [4.78, 5) is 24.6. The molecule has 0 fully saturated rings. The van der Waals surface area contributed by atoms with Gasteiger partial charge in [0.25, 0.3) is 0 Å². The molecular formula is C13H14N4O2. The topological polar surface area (TPSA) is 94.9 Å². The van der Waals surface area contributed by atoms with Gasteiger partial charge in [-0.2, -0.15) is 0 Å². The summed E-state index contributed by atoms with van der Waals surface area (Å²) in [7, 11) is 0. The Hall–Kier alpha value is -2.59. The number of hydrogen-bond acceptors (Lipinski definition) is 2. The van der Waals surface area contributed by atoms with Gasteiger partial charge in [-0.3, -0.25) is 9.59 Å². The summed E-state index contributed by atoms with van der Waals surface area (Å²) in [5.74, 6) is -0.821. The van der Waals surface area contributed by atoms with Crippen LogP contribution in [0, 0.1) is 13.8 Å². The Kier molecular flexibility index (Phi) is 4.85. The number of amides is 2. The maximum atomic E-state index is 11.1. The quantitative estimate of drug-likeness (QED) is 0.390. The normalized spacial score (nSPS) is 10.1. The molecule has 2 amide bonds. The summed E-state index contributed by atoms with van der Waals surface area (Å²) in [5.41, 5.74) is 11.4. The SMILES string of the molecule is CC(=O)Nc1cc(C)cc(C=CC(=O)N=[N+]=[N-])c1C. The van der Waals surface area contributed by atoms with Crippen LogP contribution in [-0.2, 0) is 9.59 Å². The van der Waals surface area contributed by atoms with Gasteiger partial charge in [0.05, 0.1) is 0 Å². The zero-order valence-corrected chi connectivity index (χ0v) is 11.0. The fourth-order valence-electron chi connectivity index (χ4n) is 1.62. The number of benzene rings is 1. The molecular weight excluding hydrogens is 244 g/mol. The first-order valence-electron chi connectivity index (χ1n) is 5.60. The van der Waals surface area contributed by atoms with E-state index in [4.69, 9.17) is 5.53 Å². The van der Waals surface area contributed by atoms with Gasteiger partial charge in [-0.1, -0.05) is 12.1 Å². The van der Waals surface area contributed by atoms with Gasteiger partial charge < -0.3 is 5.32 Å². The van der Waals surface area contributed by atoms with Crippen LogP contribution in [0.2, 0.25) is 0 Å². The monoisotopic (exact) mass is 258 g/mol.